The Balaban J connectivity index is 2.40. The molecule has 0 spiro atoms. The molecule has 0 aromatic heterocycles. The summed E-state index contributed by atoms with van der Waals surface area (Å²) in [6.45, 7) is 2.48. The first kappa shape index (κ1) is 15.0. The molecule has 1 saturated heterocycles. The summed E-state index contributed by atoms with van der Waals surface area (Å²) in [7, 11) is -3.49. The van der Waals surface area contributed by atoms with Crippen LogP contribution < -0.4 is 0 Å². The molecule has 0 bridgehead atoms. The Labute approximate surface area is 120 Å². The van der Waals surface area contributed by atoms with E-state index in [0.717, 1.165) is 12.8 Å². The van der Waals surface area contributed by atoms with Crippen molar-refractivity contribution in [2.45, 2.75) is 37.1 Å². The normalized spacial score (nSPS) is 19.6. The molecule has 0 radical (unpaired) electrons. The molecule has 0 saturated carbocycles. The molecule has 108 valence electrons. The van der Waals surface area contributed by atoms with Crippen molar-refractivity contribution in [2.24, 2.45) is 0 Å². The van der Waals surface area contributed by atoms with Crippen molar-refractivity contribution in [3.05, 3.63) is 29.8 Å². The highest BCUT2D eigenvalue weighted by Crippen LogP contribution is 2.27. The van der Waals surface area contributed by atoms with Gasteiger partial charge in [0.05, 0.1) is 11.5 Å². The highest BCUT2D eigenvalue weighted by molar-refractivity contribution is 7.89. The second-order valence-corrected chi connectivity index (χ2v) is 6.74. The summed E-state index contributed by atoms with van der Waals surface area (Å²) in [6, 6.07) is 6.83. The van der Waals surface area contributed by atoms with Gasteiger partial charge in [0.15, 0.2) is 0 Å². The van der Waals surface area contributed by atoms with Crippen molar-refractivity contribution in [3.63, 3.8) is 0 Å². The molecule has 1 aliphatic rings. The average molecular weight is 293 g/mol. The Bertz CT molecular complexity index is 628. The molecule has 1 aliphatic heterocycles. The van der Waals surface area contributed by atoms with Crippen LogP contribution in [0.3, 0.4) is 0 Å². The van der Waals surface area contributed by atoms with E-state index in [9.17, 15) is 8.42 Å². The molecule has 2 rings (SSSR count). The molecule has 1 unspecified atom stereocenters. The van der Waals surface area contributed by atoms with E-state index in [1.807, 2.05) is 6.92 Å². The Kier molecular flexibility index (Phi) is 4.81. The lowest BCUT2D eigenvalue weighted by Gasteiger charge is -2.21. The number of benzene rings is 1. The molecular formula is C15H19NO3S. The molecule has 1 heterocycles. The highest BCUT2D eigenvalue weighted by atomic mass is 32.2. The van der Waals surface area contributed by atoms with Crippen LogP contribution in [0.1, 0.15) is 31.7 Å². The fraction of sp³-hybridized carbons (Fsp3) is 0.467. The van der Waals surface area contributed by atoms with E-state index in [4.69, 9.17) is 5.11 Å². The number of hydrogen-bond acceptors (Lipinski definition) is 3. The van der Waals surface area contributed by atoms with Crippen LogP contribution in [0.25, 0.3) is 0 Å². The molecular weight excluding hydrogens is 274 g/mol. The quantitative estimate of drug-likeness (QED) is 0.861. The van der Waals surface area contributed by atoms with Gasteiger partial charge in [-0.15, -0.1) is 0 Å². The molecule has 0 amide bonds. The average Bonchev–Trinajstić information content (AvgIpc) is 2.86. The maximum absolute atomic E-state index is 12.7. The molecule has 1 aromatic carbocycles. The SMILES string of the molecule is CC1CCCN1S(=O)(=O)c1ccccc1C#CCCO. The van der Waals surface area contributed by atoms with E-state index >= 15 is 0 Å². The first-order chi connectivity index (χ1) is 9.57. The van der Waals surface area contributed by atoms with Gasteiger partial charge in [-0.3, -0.25) is 0 Å². The largest absolute Gasteiger partial charge is 0.395 e. The summed E-state index contributed by atoms with van der Waals surface area (Å²) in [5.41, 5.74) is 0.500. The molecule has 1 N–H and O–H groups in total. The summed E-state index contributed by atoms with van der Waals surface area (Å²) in [5, 5.41) is 8.75. The Morgan fingerprint density at radius 1 is 1.40 bits per heavy atom. The van der Waals surface area contributed by atoms with Gasteiger partial charge in [0.25, 0.3) is 0 Å². The van der Waals surface area contributed by atoms with Crippen LogP contribution in [-0.2, 0) is 10.0 Å². The zero-order valence-corrected chi connectivity index (χ0v) is 12.4. The summed E-state index contributed by atoms with van der Waals surface area (Å²) >= 11 is 0. The second kappa shape index (κ2) is 6.40. The van der Waals surface area contributed by atoms with Crippen LogP contribution in [0.15, 0.2) is 29.2 Å². The van der Waals surface area contributed by atoms with E-state index in [1.165, 1.54) is 0 Å². The van der Waals surface area contributed by atoms with Gasteiger partial charge < -0.3 is 5.11 Å². The lowest BCUT2D eigenvalue weighted by Crippen LogP contribution is -2.34. The predicted octanol–water partition coefficient (Wildman–Crippen LogP) is 1.59. The third kappa shape index (κ3) is 3.04. The van der Waals surface area contributed by atoms with Crippen LogP contribution in [0.2, 0.25) is 0 Å². The first-order valence-electron chi connectivity index (χ1n) is 6.78. The van der Waals surface area contributed by atoms with E-state index < -0.39 is 10.0 Å². The van der Waals surface area contributed by atoms with Gasteiger partial charge in [-0.1, -0.05) is 24.0 Å². The van der Waals surface area contributed by atoms with Crippen LogP contribution in [-0.4, -0.2) is 37.0 Å². The highest BCUT2D eigenvalue weighted by Gasteiger charge is 2.33. The molecule has 20 heavy (non-hydrogen) atoms. The number of aliphatic hydroxyl groups is 1. The fourth-order valence-corrected chi connectivity index (χ4v) is 4.25. The summed E-state index contributed by atoms with van der Waals surface area (Å²) in [6.07, 6.45) is 2.14. The van der Waals surface area contributed by atoms with Crippen molar-refractivity contribution < 1.29 is 13.5 Å². The van der Waals surface area contributed by atoms with Crippen molar-refractivity contribution in [3.8, 4) is 11.8 Å². The predicted molar refractivity (Wildman–Crippen MR) is 77.6 cm³/mol. The molecule has 0 aliphatic carbocycles. The summed E-state index contributed by atoms with van der Waals surface area (Å²) in [5.74, 6) is 5.63. The minimum atomic E-state index is -3.49. The zero-order chi connectivity index (χ0) is 14.6. The van der Waals surface area contributed by atoms with Gasteiger partial charge in [-0.25, -0.2) is 8.42 Å². The fourth-order valence-electron chi connectivity index (χ4n) is 2.40. The third-order valence-electron chi connectivity index (χ3n) is 3.43. The minimum Gasteiger partial charge on any atom is -0.395 e. The maximum atomic E-state index is 12.7. The van der Waals surface area contributed by atoms with Crippen molar-refractivity contribution >= 4 is 10.0 Å². The monoisotopic (exact) mass is 293 g/mol. The molecule has 1 aromatic rings. The van der Waals surface area contributed by atoms with Crippen LogP contribution in [0.4, 0.5) is 0 Å². The van der Waals surface area contributed by atoms with Crippen LogP contribution in [0, 0.1) is 11.8 Å². The molecule has 4 nitrogen and oxygen atoms in total. The van der Waals surface area contributed by atoms with Gasteiger partial charge >= 0.3 is 0 Å². The van der Waals surface area contributed by atoms with Gasteiger partial charge in [0.1, 0.15) is 0 Å². The smallest absolute Gasteiger partial charge is 0.244 e. The van der Waals surface area contributed by atoms with Crippen molar-refractivity contribution in [1.29, 1.82) is 0 Å². The summed E-state index contributed by atoms with van der Waals surface area (Å²) < 4.78 is 27.0. The first-order valence-corrected chi connectivity index (χ1v) is 8.22. The van der Waals surface area contributed by atoms with Gasteiger partial charge in [0.2, 0.25) is 10.0 Å². The van der Waals surface area contributed by atoms with Gasteiger partial charge in [-0.2, -0.15) is 4.31 Å². The lowest BCUT2D eigenvalue weighted by molar-refractivity contribution is 0.305. The van der Waals surface area contributed by atoms with Gasteiger partial charge in [-0.05, 0) is 31.9 Å². The molecule has 1 atom stereocenters. The van der Waals surface area contributed by atoms with Crippen molar-refractivity contribution in [2.75, 3.05) is 13.2 Å². The summed E-state index contributed by atoms with van der Waals surface area (Å²) in [4.78, 5) is 0.263. The van der Waals surface area contributed by atoms with E-state index in [2.05, 4.69) is 11.8 Å². The Morgan fingerprint density at radius 3 is 2.80 bits per heavy atom. The van der Waals surface area contributed by atoms with E-state index in [1.54, 1.807) is 28.6 Å². The Hall–Kier alpha value is -1.35. The van der Waals surface area contributed by atoms with Crippen molar-refractivity contribution in [1.82, 2.24) is 4.31 Å². The third-order valence-corrected chi connectivity index (χ3v) is 5.50. The van der Waals surface area contributed by atoms with E-state index in [-0.39, 0.29) is 17.5 Å². The lowest BCUT2D eigenvalue weighted by atomic mass is 10.2. The zero-order valence-electron chi connectivity index (χ0n) is 11.5. The minimum absolute atomic E-state index is 0.0227. The molecule has 1 fully saturated rings. The maximum Gasteiger partial charge on any atom is 0.244 e. The second-order valence-electron chi connectivity index (χ2n) is 4.88. The topological polar surface area (TPSA) is 57.6 Å². The number of nitrogens with zero attached hydrogens (tertiary/aromatic N) is 1. The van der Waals surface area contributed by atoms with E-state index in [0.29, 0.717) is 18.5 Å². The number of hydrogen-bond donors (Lipinski definition) is 1. The standard InChI is InChI=1S/C15H19NO3S/c1-13-7-6-11-16(13)20(18,19)15-10-3-2-8-14(15)9-4-5-12-17/h2-3,8,10,13,17H,5-7,11-12H2,1H3. The number of sulfonamides is 1. The van der Waals surface area contributed by atoms with Crippen LogP contribution >= 0.6 is 0 Å². The van der Waals surface area contributed by atoms with Gasteiger partial charge in [0, 0.05) is 24.6 Å². The molecule has 5 heteroatoms. The Morgan fingerprint density at radius 2 is 2.15 bits per heavy atom. The number of aliphatic hydroxyl groups excluding tert-OH is 1. The van der Waals surface area contributed by atoms with Crippen LogP contribution in [0.5, 0.6) is 0 Å². The number of rotatable bonds is 3.